The summed E-state index contributed by atoms with van der Waals surface area (Å²) in [4.78, 5) is 34.3. The Hall–Kier alpha value is -2.74. The molecule has 5 rings (SSSR count). The molecule has 0 bridgehead atoms. The first-order valence-corrected chi connectivity index (χ1v) is 11.0. The molecular weight excluding hydrogens is 390 g/mol. The summed E-state index contributed by atoms with van der Waals surface area (Å²) in [6.07, 6.45) is 0.634. The molecule has 0 aromatic heterocycles. The molecule has 0 aliphatic carbocycles. The van der Waals surface area contributed by atoms with Gasteiger partial charge >= 0.3 is 6.03 Å². The lowest BCUT2D eigenvalue weighted by Crippen LogP contribution is -2.66. The number of amides is 3. The maximum atomic E-state index is 13.5. The van der Waals surface area contributed by atoms with Crippen molar-refractivity contribution in [1.29, 1.82) is 0 Å². The van der Waals surface area contributed by atoms with Crippen LogP contribution in [0.15, 0.2) is 54.6 Å². The van der Waals surface area contributed by atoms with Crippen molar-refractivity contribution in [2.75, 3.05) is 20.1 Å². The van der Waals surface area contributed by atoms with E-state index in [4.69, 9.17) is 0 Å². The second-order valence-electron chi connectivity index (χ2n) is 8.78. The summed E-state index contributed by atoms with van der Waals surface area (Å²) < 4.78 is 0. The molecule has 3 saturated heterocycles. The van der Waals surface area contributed by atoms with E-state index in [0.29, 0.717) is 6.54 Å². The Bertz CT molecular complexity index is 964. The van der Waals surface area contributed by atoms with E-state index in [1.165, 1.54) is 10.5 Å². The number of fused-ring (bicyclic) bond motifs is 3. The van der Waals surface area contributed by atoms with Gasteiger partial charge in [-0.2, -0.15) is 0 Å². The third-order valence-electron chi connectivity index (χ3n) is 6.66. The van der Waals surface area contributed by atoms with Crippen LogP contribution in [-0.4, -0.2) is 70.2 Å². The summed E-state index contributed by atoms with van der Waals surface area (Å²) in [7, 11) is 1.79. The number of nitrogens with zero attached hydrogens (tertiary/aromatic N) is 4. The number of aryl methyl sites for hydroxylation is 1. The van der Waals surface area contributed by atoms with E-state index in [0.717, 1.165) is 37.2 Å². The number of hydrogen-bond donors (Lipinski definition) is 1. The van der Waals surface area contributed by atoms with E-state index >= 15 is 0 Å². The van der Waals surface area contributed by atoms with Crippen LogP contribution in [0.3, 0.4) is 0 Å². The van der Waals surface area contributed by atoms with Crippen molar-refractivity contribution in [3.05, 3.63) is 71.3 Å². The SMILES string of the molecule is Cc1ccc(CN2C(=O)C3C(NC4N(Cc5ccccc5)CCCN34)N(C)C2=O)cc1. The summed E-state index contributed by atoms with van der Waals surface area (Å²) in [5, 5.41) is 3.58. The molecule has 3 aliphatic rings. The number of imide groups is 1. The van der Waals surface area contributed by atoms with Crippen molar-refractivity contribution in [3.63, 3.8) is 0 Å². The number of urea groups is 1. The van der Waals surface area contributed by atoms with Crippen LogP contribution in [0, 0.1) is 6.92 Å². The third-order valence-corrected chi connectivity index (χ3v) is 6.66. The number of carbonyl (C=O) groups is 2. The van der Waals surface area contributed by atoms with Gasteiger partial charge in [-0.3, -0.25) is 24.8 Å². The molecule has 7 heteroatoms. The summed E-state index contributed by atoms with van der Waals surface area (Å²) >= 11 is 0. The fourth-order valence-corrected chi connectivity index (χ4v) is 5.00. The predicted molar refractivity (Wildman–Crippen MR) is 118 cm³/mol. The Kier molecular flexibility index (Phi) is 5.25. The lowest BCUT2D eigenvalue weighted by molar-refractivity contribution is -0.140. The average molecular weight is 420 g/mol. The van der Waals surface area contributed by atoms with Crippen LogP contribution in [0.1, 0.15) is 23.1 Å². The highest BCUT2D eigenvalue weighted by Crippen LogP contribution is 2.31. The highest BCUT2D eigenvalue weighted by molar-refractivity contribution is 6.00. The molecule has 1 N–H and O–H groups in total. The summed E-state index contributed by atoms with van der Waals surface area (Å²) in [6.45, 7) is 4.95. The zero-order valence-electron chi connectivity index (χ0n) is 18.1. The summed E-state index contributed by atoms with van der Waals surface area (Å²) in [5.41, 5.74) is 3.37. The molecule has 7 nitrogen and oxygen atoms in total. The molecule has 2 aromatic carbocycles. The first kappa shape index (κ1) is 20.2. The van der Waals surface area contributed by atoms with Crippen LogP contribution < -0.4 is 5.32 Å². The maximum absolute atomic E-state index is 13.5. The van der Waals surface area contributed by atoms with Crippen molar-refractivity contribution < 1.29 is 9.59 Å². The highest BCUT2D eigenvalue weighted by Gasteiger charge is 2.55. The average Bonchev–Trinajstić information content (AvgIpc) is 3.18. The smallest absolute Gasteiger partial charge is 0.310 e. The molecule has 0 saturated carbocycles. The van der Waals surface area contributed by atoms with E-state index in [-0.39, 0.29) is 30.4 Å². The molecule has 0 radical (unpaired) electrons. The first-order valence-electron chi connectivity index (χ1n) is 11.0. The molecule has 3 heterocycles. The standard InChI is InChI=1S/C24H29N5O2/c1-17-9-11-19(12-10-17)16-29-22(30)20-21(26(2)24(29)31)25-23-27(13-6-14-28(20)23)15-18-7-4-3-5-8-18/h3-5,7-12,20-21,23,25H,6,13-16H2,1-2H3. The number of benzene rings is 2. The van der Waals surface area contributed by atoms with E-state index in [1.54, 1.807) is 11.9 Å². The molecule has 31 heavy (non-hydrogen) atoms. The zero-order chi connectivity index (χ0) is 21.5. The summed E-state index contributed by atoms with van der Waals surface area (Å²) in [5.74, 6) is -0.106. The molecule has 3 aliphatic heterocycles. The zero-order valence-corrected chi connectivity index (χ0v) is 18.1. The minimum Gasteiger partial charge on any atom is -0.310 e. The first-order chi connectivity index (χ1) is 15.0. The van der Waals surface area contributed by atoms with E-state index < -0.39 is 0 Å². The Morgan fingerprint density at radius 2 is 1.65 bits per heavy atom. The van der Waals surface area contributed by atoms with Crippen LogP contribution in [0.4, 0.5) is 4.79 Å². The van der Waals surface area contributed by atoms with Gasteiger partial charge in [0.2, 0.25) is 0 Å². The maximum Gasteiger partial charge on any atom is 0.328 e. The number of nitrogens with one attached hydrogen (secondary N) is 1. The van der Waals surface area contributed by atoms with Crippen molar-refractivity contribution in [3.8, 4) is 0 Å². The van der Waals surface area contributed by atoms with Gasteiger partial charge in [0.1, 0.15) is 18.5 Å². The quantitative estimate of drug-likeness (QED) is 0.823. The van der Waals surface area contributed by atoms with Gasteiger partial charge in [0.25, 0.3) is 5.91 Å². The molecule has 2 aromatic rings. The van der Waals surface area contributed by atoms with Crippen molar-refractivity contribution in [1.82, 2.24) is 24.9 Å². The monoisotopic (exact) mass is 419 g/mol. The fourth-order valence-electron chi connectivity index (χ4n) is 5.00. The van der Waals surface area contributed by atoms with Gasteiger partial charge in [-0.05, 0) is 24.5 Å². The largest absolute Gasteiger partial charge is 0.328 e. The van der Waals surface area contributed by atoms with Crippen LogP contribution in [0.5, 0.6) is 0 Å². The van der Waals surface area contributed by atoms with Crippen molar-refractivity contribution in [2.45, 2.75) is 44.9 Å². The Morgan fingerprint density at radius 1 is 0.935 bits per heavy atom. The van der Waals surface area contributed by atoms with Crippen LogP contribution >= 0.6 is 0 Å². The minimum atomic E-state index is -0.364. The summed E-state index contributed by atoms with van der Waals surface area (Å²) in [6, 6.07) is 17.8. The minimum absolute atomic E-state index is 0.0533. The Labute approximate surface area is 183 Å². The van der Waals surface area contributed by atoms with Gasteiger partial charge in [0.05, 0.1) is 6.54 Å². The van der Waals surface area contributed by atoms with Gasteiger partial charge < -0.3 is 4.90 Å². The lowest BCUT2D eigenvalue weighted by atomic mass is 10.1. The van der Waals surface area contributed by atoms with Gasteiger partial charge in [0.15, 0.2) is 0 Å². The number of hydrogen-bond acceptors (Lipinski definition) is 5. The second kappa shape index (κ2) is 8.07. The molecule has 0 spiro atoms. The van der Waals surface area contributed by atoms with Crippen molar-refractivity contribution in [2.24, 2.45) is 0 Å². The van der Waals surface area contributed by atoms with Gasteiger partial charge in [-0.15, -0.1) is 0 Å². The normalized spacial score (nSPS) is 26.8. The molecule has 3 amide bonds. The molecule has 162 valence electrons. The van der Waals surface area contributed by atoms with Crippen LogP contribution in [0.2, 0.25) is 0 Å². The van der Waals surface area contributed by atoms with Crippen LogP contribution in [-0.2, 0) is 17.9 Å². The van der Waals surface area contributed by atoms with Crippen LogP contribution in [0.25, 0.3) is 0 Å². The van der Waals surface area contributed by atoms with Gasteiger partial charge in [-0.1, -0.05) is 60.2 Å². The predicted octanol–water partition coefficient (Wildman–Crippen LogP) is 2.18. The number of rotatable bonds is 4. The fraction of sp³-hybridized carbons (Fsp3) is 0.417. The Balaban J connectivity index is 1.38. The van der Waals surface area contributed by atoms with E-state index in [1.807, 2.05) is 37.3 Å². The topological polar surface area (TPSA) is 59.1 Å². The Morgan fingerprint density at radius 3 is 2.39 bits per heavy atom. The molecular formula is C24H29N5O2. The molecule has 3 unspecified atom stereocenters. The number of likely N-dealkylation sites (N-methyl/N-ethyl adjacent to an activating group) is 1. The van der Waals surface area contributed by atoms with Crippen molar-refractivity contribution >= 4 is 11.9 Å². The molecule has 3 fully saturated rings. The molecule has 3 atom stereocenters. The van der Waals surface area contributed by atoms with E-state index in [2.05, 4.69) is 39.4 Å². The number of carbonyl (C=O) groups excluding carboxylic acids is 2. The van der Waals surface area contributed by atoms with Gasteiger partial charge in [-0.25, -0.2) is 4.79 Å². The van der Waals surface area contributed by atoms with E-state index in [9.17, 15) is 9.59 Å². The highest BCUT2D eigenvalue weighted by atomic mass is 16.2. The lowest BCUT2D eigenvalue weighted by Gasteiger charge is -2.43. The van der Waals surface area contributed by atoms with Gasteiger partial charge in [0, 0.05) is 26.7 Å². The third kappa shape index (κ3) is 3.63. The second-order valence-corrected chi connectivity index (χ2v) is 8.78.